The normalized spacial score (nSPS) is 9.92. The number of nitrogens with zero attached hydrogens (tertiary/aromatic N) is 1. The molecule has 4 nitrogen and oxygen atoms in total. The average molecular weight is 169 g/mol. The SMILES string of the molecule is CN(C)C(=O)c1ccc(CO)o1. The Morgan fingerprint density at radius 3 is 2.67 bits per heavy atom. The Bertz CT molecular complexity index is 278. The summed E-state index contributed by atoms with van der Waals surface area (Å²) < 4.78 is 5.01. The summed E-state index contributed by atoms with van der Waals surface area (Å²) in [5.41, 5.74) is 0. The second-order valence-corrected chi connectivity index (χ2v) is 2.62. The smallest absolute Gasteiger partial charge is 0.289 e. The Morgan fingerprint density at radius 1 is 1.58 bits per heavy atom. The maximum absolute atomic E-state index is 11.2. The van der Waals surface area contributed by atoms with Crippen molar-refractivity contribution in [2.24, 2.45) is 0 Å². The van der Waals surface area contributed by atoms with Crippen LogP contribution in [0.1, 0.15) is 16.3 Å². The summed E-state index contributed by atoms with van der Waals surface area (Å²) in [4.78, 5) is 12.6. The molecule has 0 saturated carbocycles. The summed E-state index contributed by atoms with van der Waals surface area (Å²) in [5.74, 6) is 0.457. The zero-order valence-corrected chi connectivity index (χ0v) is 7.07. The summed E-state index contributed by atoms with van der Waals surface area (Å²) in [6, 6.07) is 3.13. The molecule has 0 spiro atoms. The number of carbonyl (C=O) groups excluding carboxylic acids is 1. The molecule has 66 valence electrons. The Hall–Kier alpha value is -1.29. The molecule has 12 heavy (non-hydrogen) atoms. The van der Waals surface area contributed by atoms with E-state index in [2.05, 4.69) is 0 Å². The first kappa shape index (κ1) is 8.80. The van der Waals surface area contributed by atoms with Crippen molar-refractivity contribution in [3.63, 3.8) is 0 Å². The van der Waals surface area contributed by atoms with Crippen LogP contribution < -0.4 is 0 Å². The van der Waals surface area contributed by atoms with E-state index in [0.717, 1.165) is 0 Å². The summed E-state index contributed by atoms with van der Waals surface area (Å²) in [5, 5.41) is 8.65. The van der Waals surface area contributed by atoms with Crippen molar-refractivity contribution in [3.05, 3.63) is 23.7 Å². The number of hydrogen-bond acceptors (Lipinski definition) is 3. The van der Waals surface area contributed by atoms with Crippen molar-refractivity contribution in [2.75, 3.05) is 14.1 Å². The van der Waals surface area contributed by atoms with Gasteiger partial charge in [-0.2, -0.15) is 0 Å². The molecule has 1 heterocycles. The lowest BCUT2D eigenvalue weighted by Gasteiger charge is -2.06. The van der Waals surface area contributed by atoms with Gasteiger partial charge in [-0.3, -0.25) is 4.79 Å². The molecule has 0 aromatic carbocycles. The molecular formula is C8H11NO3. The predicted molar refractivity (Wildman–Crippen MR) is 42.6 cm³/mol. The molecular weight excluding hydrogens is 158 g/mol. The molecule has 1 aromatic heterocycles. The van der Waals surface area contributed by atoms with E-state index in [4.69, 9.17) is 9.52 Å². The fourth-order valence-electron chi connectivity index (χ4n) is 0.798. The molecule has 1 N–H and O–H groups in total. The zero-order chi connectivity index (χ0) is 9.14. The van der Waals surface area contributed by atoms with E-state index in [1.807, 2.05) is 0 Å². The monoisotopic (exact) mass is 169 g/mol. The highest BCUT2D eigenvalue weighted by molar-refractivity contribution is 5.91. The van der Waals surface area contributed by atoms with Crippen LogP contribution in [0.5, 0.6) is 0 Å². The van der Waals surface area contributed by atoms with Gasteiger partial charge in [0.25, 0.3) is 5.91 Å². The van der Waals surface area contributed by atoms with E-state index in [1.54, 1.807) is 26.2 Å². The van der Waals surface area contributed by atoms with Crippen molar-refractivity contribution in [2.45, 2.75) is 6.61 Å². The van der Waals surface area contributed by atoms with Gasteiger partial charge in [0.2, 0.25) is 0 Å². The molecule has 1 rings (SSSR count). The lowest BCUT2D eigenvalue weighted by Crippen LogP contribution is -2.20. The van der Waals surface area contributed by atoms with Crippen molar-refractivity contribution in [1.82, 2.24) is 4.90 Å². The van der Waals surface area contributed by atoms with Crippen LogP contribution in [0.25, 0.3) is 0 Å². The van der Waals surface area contributed by atoms with Crippen LogP contribution in [0.3, 0.4) is 0 Å². The molecule has 1 aromatic rings. The van der Waals surface area contributed by atoms with E-state index in [9.17, 15) is 4.79 Å². The fraction of sp³-hybridized carbons (Fsp3) is 0.375. The van der Waals surface area contributed by atoms with Crippen molar-refractivity contribution in [3.8, 4) is 0 Å². The average Bonchev–Trinajstić information content (AvgIpc) is 2.50. The number of rotatable bonds is 2. The third-order valence-electron chi connectivity index (χ3n) is 1.43. The Labute approximate surface area is 70.4 Å². The zero-order valence-electron chi connectivity index (χ0n) is 7.07. The first-order chi connectivity index (χ1) is 5.65. The van der Waals surface area contributed by atoms with Crippen LogP contribution in [0.15, 0.2) is 16.5 Å². The predicted octanol–water partition coefficient (Wildman–Crippen LogP) is 0.474. The van der Waals surface area contributed by atoms with Crippen LogP contribution in [0.4, 0.5) is 0 Å². The van der Waals surface area contributed by atoms with Gasteiger partial charge in [-0.15, -0.1) is 0 Å². The largest absolute Gasteiger partial charge is 0.453 e. The first-order valence-corrected chi connectivity index (χ1v) is 3.56. The van der Waals surface area contributed by atoms with Gasteiger partial charge in [0, 0.05) is 14.1 Å². The van der Waals surface area contributed by atoms with Crippen LogP contribution in [-0.4, -0.2) is 30.0 Å². The minimum Gasteiger partial charge on any atom is -0.453 e. The lowest BCUT2D eigenvalue weighted by atomic mass is 10.4. The van der Waals surface area contributed by atoms with Crippen LogP contribution >= 0.6 is 0 Å². The van der Waals surface area contributed by atoms with E-state index in [-0.39, 0.29) is 18.3 Å². The molecule has 0 unspecified atom stereocenters. The molecule has 4 heteroatoms. The number of carbonyl (C=O) groups is 1. The molecule has 0 bridgehead atoms. The van der Waals surface area contributed by atoms with Crippen molar-refractivity contribution in [1.29, 1.82) is 0 Å². The van der Waals surface area contributed by atoms with Crippen molar-refractivity contribution >= 4 is 5.91 Å². The second-order valence-electron chi connectivity index (χ2n) is 2.62. The van der Waals surface area contributed by atoms with E-state index in [1.165, 1.54) is 4.90 Å². The second kappa shape index (κ2) is 3.40. The molecule has 0 fully saturated rings. The Morgan fingerprint density at radius 2 is 2.25 bits per heavy atom. The van der Waals surface area contributed by atoms with Gasteiger partial charge in [-0.05, 0) is 12.1 Å². The van der Waals surface area contributed by atoms with Gasteiger partial charge < -0.3 is 14.4 Å². The maximum Gasteiger partial charge on any atom is 0.289 e. The maximum atomic E-state index is 11.2. The topological polar surface area (TPSA) is 53.7 Å². The number of hydrogen-bond donors (Lipinski definition) is 1. The Kier molecular flexibility index (Phi) is 2.50. The van der Waals surface area contributed by atoms with Crippen LogP contribution in [0.2, 0.25) is 0 Å². The Balaban J connectivity index is 2.82. The summed E-state index contributed by atoms with van der Waals surface area (Å²) >= 11 is 0. The first-order valence-electron chi connectivity index (χ1n) is 3.56. The van der Waals surface area contributed by atoms with Gasteiger partial charge in [-0.25, -0.2) is 0 Å². The summed E-state index contributed by atoms with van der Waals surface area (Å²) in [7, 11) is 3.28. The number of furan rings is 1. The molecule has 0 atom stereocenters. The minimum atomic E-state index is -0.199. The van der Waals surface area contributed by atoms with Gasteiger partial charge >= 0.3 is 0 Å². The molecule has 1 amide bonds. The third kappa shape index (κ3) is 1.65. The van der Waals surface area contributed by atoms with Crippen LogP contribution in [0, 0.1) is 0 Å². The third-order valence-corrected chi connectivity index (χ3v) is 1.43. The molecule has 0 saturated heterocycles. The molecule has 0 aliphatic rings. The minimum absolute atomic E-state index is 0.180. The van der Waals surface area contributed by atoms with Gasteiger partial charge in [0.05, 0.1) is 0 Å². The number of aliphatic hydroxyl groups is 1. The lowest BCUT2D eigenvalue weighted by molar-refractivity contribution is 0.0792. The van der Waals surface area contributed by atoms with Gasteiger partial charge in [0.15, 0.2) is 5.76 Å². The standard InChI is InChI=1S/C8H11NO3/c1-9(2)8(11)7-4-3-6(5-10)12-7/h3-4,10H,5H2,1-2H3. The summed E-state index contributed by atoms with van der Waals surface area (Å²) in [6.45, 7) is -0.180. The van der Waals surface area contributed by atoms with Crippen LogP contribution in [-0.2, 0) is 6.61 Å². The van der Waals surface area contributed by atoms with E-state index >= 15 is 0 Å². The van der Waals surface area contributed by atoms with Gasteiger partial charge in [0.1, 0.15) is 12.4 Å². The van der Waals surface area contributed by atoms with E-state index < -0.39 is 0 Å². The molecule has 0 aliphatic heterocycles. The molecule has 0 radical (unpaired) electrons. The van der Waals surface area contributed by atoms with E-state index in [0.29, 0.717) is 5.76 Å². The highest BCUT2D eigenvalue weighted by atomic mass is 16.4. The highest BCUT2D eigenvalue weighted by Gasteiger charge is 2.11. The molecule has 0 aliphatic carbocycles. The summed E-state index contributed by atoms with van der Waals surface area (Å²) in [6.07, 6.45) is 0. The highest BCUT2D eigenvalue weighted by Crippen LogP contribution is 2.08. The number of aliphatic hydroxyl groups excluding tert-OH is 1. The van der Waals surface area contributed by atoms with Gasteiger partial charge in [-0.1, -0.05) is 0 Å². The van der Waals surface area contributed by atoms with Crippen molar-refractivity contribution < 1.29 is 14.3 Å². The quantitative estimate of drug-likeness (QED) is 0.700. The fourth-order valence-corrected chi connectivity index (χ4v) is 0.798. The number of amides is 1.